The van der Waals surface area contributed by atoms with Crippen LogP contribution < -0.4 is 5.32 Å². The van der Waals surface area contributed by atoms with Gasteiger partial charge in [0.1, 0.15) is 0 Å². The van der Waals surface area contributed by atoms with E-state index in [1.807, 2.05) is 0 Å². The first kappa shape index (κ1) is 27.1. The van der Waals surface area contributed by atoms with Crippen LogP contribution in [0.25, 0.3) is 0 Å². The number of unbranched alkanes of at least 4 members (excludes halogenated alkanes) is 8. The Morgan fingerprint density at radius 1 is 1.00 bits per heavy atom. The summed E-state index contributed by atoms with van der Waals surface area (Å²) in [7, 11) is 3.24. The maximum atomic E-state index is 11.7. The van der Waals surface area contributed by atoms with Crippen molar-refractivity contribution in [1.29, 1.82) is 0 Å². The maximum Gasteiger partial charge on any atom is 0.219 e. The highest BCUT2D eigenvalue weighted by molar-refractivity contribution is 5.75. The molecule has 0 aromatic rings. The van der Waals surface area contributed by atoms with Gasteiger partial charge in [-0.3, -0.25) is 4.79 Å². The van der Waals surface area contributed by atoms with Crippen LogP contribution in [-0.4, -0.2) is 48.9 Å². The average molecular weight is 399 g/mol. The molecule has 0 heterocycles. The number of aliphatic hydroxyl groups is 1. The average Bonchev–Trinajstić information content (AvgIpc) is 2.63. The third-order valence-corrected chi connectivity index (χ3v) is 4.94. The summed E-state index contributed by atoms with van der Waals surface area (Å²) in [5, 5.41) is 24.2. The lowest BCUT2D eigenvalue weighted by molar-refractivity contribution is -0.840. The lowest BCUT2D eigenvalue weighted by atomic mass is 10.1. The molecule has 0 fully saturated rings. The Hall–Kier alpha value is -0.910. The van der Waals surface area contributed by atoms with E-state index in [9.17, 15) is 15.1 Å². The van der Waals surface area contributed by atoms with Crippen molar-refractivity contribution in [3.63, 3.8) is 0 Å². The molecule has 166 valence electrons. The van der Waals surface area contributed by atoms with Crippen molar-refractivity contribution in [1.82, 2.24) is 5.32 Å². The van der Waals surface area contributed by atoms with Gasteiger partial charge in [0.15, 0.2) is 0 Å². The largest absolute Gasteiger partial charge is 0.633 e. The number of allylic oxidation sites excluding steroid dienone is 1. The molecule has 0 aliphatic carbocycles. The number of carbonyl (C=O) groups excluding carboxylic acids is 1. The molecule has 0 rings (SSSR count). The van der Waals surface area contributed by atoms with E-state index < -0.39 is 0 Å². The van der Waals surface area contributed by atoms with Gasteiger partial charge in [0.25, 0.3) is 0 Å². The van der Waals surface area contributed by atoms with Gasteiger partial charge in [0, 0.05) is 19.4 Å². The molecule has 0 aliphatic rings. The molecular formula is C23H46N2O3. The molecule has 0 radical (unpaired) electrons. The Labute approximate surface area is 173 Å². The van der Waals surface area contributed by atoms with Crippen LogP contribution in [0.3, 0.4) is 0 Å². The van der Waals surface area contributed by atoms with Crippen LogP contribution in [0.4, 0.5) is 0 Å². The molecule has 5 nitrogen and oxygen atoms in total. The van der Waals surface area contributed by atoms with Crippen LogP contribution >= 0.6 is 0 Å². The Balaban J connectivity index is 3.37. The molecule has 0 aromatic heterocycles. The summed E-state index contributed by atoms with van der Waals surface area (Å²) in [6.45, 7) is 3.34. The monoisotopic (exact) mass is 398 g/mol. The predicted octanol–water partition coefficient (Wildman–Crippen LogP) is 5.08. The van der Waals surface area contributed by atoms with Gasteiger partial charge in [-0.2, -0.15) is 0 Å². The van der Waals surface area contributed by atoms with Crippen molar-refractivity contribution in [3.8, 4) is 0 Å². The van der Waals surface area contributed by atoms with Gasteiger partial charge in [-0.05, 0) is 32.1 Å². The number of carbonyl (C=O) groups is 1. The smallest absolute Gasteiger partial charge is 0.219 e. The summed E-state index contributed by atoms with van der Waals surface area (Å²) in [5.41, 5.74) is 0. The number of hydroxylamine groups is 3. The highest BCUT2D eigenvalue weighted by Gasteiger charge is 2.04. The van der Waals surface area contributed by atoms with Gasteiger partial charge in [0.2, 0.25) is 5.91 Å². The molecule has 2 N–H and O–H groups in total. The number of nitrogens with one attached hydrogen (secondary N) is 1. The van der Waals surface area contributed by atoms with Gasteiger partial charge in [-0.15, -0.1) is 0 Å². The highest BCUT2D eigenvalue weighted by Crippen LogP contribution is 2.10. The maximum absolute atomic E-state index is 11.7. The highest BCUT2D eigenvalue weighted by atomic mass is 16.5. The van der Waals surface area contributed by atoms with E-state index in [-0.39, 0.29) is 16.7 Å². The van der Waals surface area contributed by atoms with Crippen LogP contribution in [0.5, 0.6) is 0 Å². The van der Waals surface area contributed by atoms with E-state index in [2.05, 4.69) is 24.4 Å². The van der Waals surface area contributed by atoms with E-state index in [0.29, 0.717) is 19.5 Å². The molecule has 0 aromatic carbocycles. The van der Waals surface area contributed by atoms with Crippen LogP contribution in [0.2, 0.25) is 0 Å². The number of nitrogens with zero attached hydrogens (tertiary/aromatic N) is 1. The molecule has 5 heteroatoms. The lowest BCUT2D eigenvalue weighted by Gasteiger charge is -2.33. The number of rotatable bonds is 19. The first-order valence-corrected chi connectivity index (χ1v) is 11.5. The topological polar surface area (TPSA) is 72.4 Å². The second kappa shape index (κ2) is 18.1. The van der Waals surface area contributed by atoms with Crippen LogP contribution in [0.15, 0.2) is 12.2 Å². The number of quaternary nitrogens is 1. The summed E-state index contributed by atoms with van der Waals surface area (Å²) in [6, 6.07) is 0. The number of amides is 1. The SMILES string of the molecule is CCCCCC[C@@H](O)C/C=C\CCCCCCCC(=O)NCCC[N+](C)(C)[O-]. The Morgan fingerprint density at radius 2 is 1.68 bits per heavy atom. The van der Waals surface area contributed by atoms with E-state index in [1.165, 1.54) is 38.5 Å². The van der Waals surface area contributed by atoms with Crippen molar-refractivity contribution in [3.05, 3.63) is 17.4 Å². The first-order valence-electron chi connectivity index (χ1n) is 11.5. The molecule has 0 bridgehead atoms. The van der Waals surface area contributed by atoms with Crippen LogP contribution in [0.1, 0.15) is 96.8 Å². The first-order chi connectivity index (χ1) is 13.3. The van der Waals surface area contributed by atoms with Crippen molar-refractivity contribution >= 4 is 5.91 Å². The summed E-state index contributed by atoms with van der Waals surface area (Å²) in [6.07, 6.45) is 18.7. The van der Waals surface area contributed by atoms with Gasteiger partial charge >= 0.3 is 0 Å². The van der Waals surface area contributed by atoms with E-state index in [4.69, 9.17) is 0 Å². The number of aliphatic hydroxyl groups excluding tert-OH is 1. The Morgan fingerprint density at radius 3 is 2.39 bits per heavy atom. The molecule has 0 spiro atoms. The van der Waals surface area contributed by atoms with E-state index >= 15 is 0 Å². The number of hydrogen-bond donors (Lipinski definition) is 2. The third kappa shape index (κ3) is 21.4. The molecule has 1 atom stereocenters. The Bertz CT molecular complexity index is 392. The fourth-order valence-electron chi connectivity index (χ4n) is 3.15. The summed E-state index contributed by atoms with van der Waals surface area (Å²) in [5.74, 6) is 0.104. The standard InChI is InChI=1S/C23H46N2O3/c1-4-5-6-13-17-22(26)18-14-11-9-7-8-10-12-15-19-23(27)24-20-16-21-25(2,3)28/h11,14,22,26H,4-10,12-13,15-21H2,1-3H3,(H,24,27)/b14-11-/t22-/m1/s1. The minimum Gasteiger partial charge on any atom is -0.633 e. The molecule has 0 unspecified atom stereocenters. The fraction of sp³-hybridized carbons (Fsp3) is 0.870. The summed E-state index contributed by atoms with van der Waals surface area (Å²) >= 11 is 0. The minimum atomic E-state index is -0.301. The zero-order chi connectivity index (χ0) is 21.1. The van der Waals surface area contributed by atoms with Gasteiger partial charge < -0.3 is 20.3 Å². The van der Waals surface area contributed by atoms with Gasteiger partial charge in [-0.1, -0.05) is 64.0 Å². The molecule has 0 saturated carbocycles. The fourth-order valence-corrected chi connectivity index (χ4v) is 3.15. The zero-order valence-electron chi connectivity index (χ0n) is 18.8. The predicted molar refractivity (Wildman–Crippen MR) is 119 cm³/mol. The molecule has 0 saturated heterocycles. The van der Waals surface area contributed by atoms with Crippen LogP contribution in [0, 0.1) is 5.21 Å². The van der Waals surface area contributed by atoms with E-state index in [0.717, 1.165) is 44.9 Å². The molecule has 0 aliphatic heterocycles. The molecular weight excluding hydrogens is 352 g/mol. The quantitative estimate of drug-likeness (QED) is 0.138. The van der Waals surface area contributed by atoms with Crippen LogP contribution in [-0.2, 0) is 4.79 Å². The van der Waals surface area contributed by atoms with Crippen molar-refractivity contribution < 1.29 is 14.5 Å². The zero-order valence-corrected chi connectivity index (χ0v) is 18.8. The second-order valence-electron chi connectivity index (χ2n) is 8.52. The molecule has 28 heavy (non-hydrogen) atoms. The lowest BCUT2D eigenvalue weighted by Crippen LogP contribution is -2.35. The van der Waals surface area contributed by atoms with E-state index in [1.54, 1.807) is 14.1 Å². The van der Waals surface area contributed by atoms with Crippen molar-refractivity contribution in [2.24, 2.45) is 0 Å². The molecule has 1 amide bonds. The minimum absolute atomic E-state index is 0.104. The summed E-state index contributed by atoms with van der Waals surface area (Å²) < 4.78 is -0.301. The third-order valence-electron chi connectivity index (χ3n) is 4.94. The van der Waals surface area contributed by atoms with Crippen molar-refractivity contribution in [2.45, 2.75) is 103 Å². The normalized spacial score (nSPS) is 13.2. The second-order valence-corrected chi connectivity index (χ2v) is 8.52. The van der Waals surface area contributed by atoms with Gasteiger partial charge in [0.05, 0.1) is 26.7 Å². The van der Waals surface area contributed by atoms with Crippen molar-refractivity contribution in [2.75, 3.05) is 27.2 Å². The number of hydrogen-bond acceptors (Lipinski definition) is 3. The Kier molecular flexibility index (Phi) is 17.6. The summed E-state index contributed by atoms with van der Waals surface area (Å²) in [4.78, 5) is 11.7. The van der Waals surface area contributed by atoms with Gasteiger partial charge in [-0.25, -0.2) is 0 Å².